The minimum Gasteiger partial charge on any atom is -0.456 e. The highest BCUT2D eigenvalue weighted by molar-refractivity contribution is 6.04. The number of anilines is 2. The van der Waals surface area contributed by atoms with Gasteiger partial charge in [-0.3, -0.25) is 14.9 Å². The van der Waals surface area contributed by atoms with Crippen LogP contribution in [-0.4, -0.2) is 28.9 Å². The van der Waals surface area contributed by atoms with Crippen molar-refractivity contribution in [2.75, 3.05) is 23.3 Å². The molecule has 0 spiro atoms. The molecule has 1 saturated heterocycles. The third-order valence-corrected chi connectivity index (χ3v) is 4.91. The first kappa shape index (κ1) is 20.3. The molecular formula is C22H19FN4O4. The van der Waals surface area contributed by atoms with Gasteiger partial charge in [0.1, 0.15) is 28.8 Å². The van der Waals surface area contributed by atoms with Crippen molar-refractivity contribution in [3.8, 4) is 11.5 Å². The molecule has 8 nitrogen and oxygen atoms in total. The first-order chi connectivity index (χ1) is 15.0. The van der Waals surface area contributed by atoms with Crippen molar-refractivity contribution in [1.82, 2.24) is 4.98 Å². The minimum absolute atomic E-state index is 0.0921. The Balaban J connectivity index is 1.45. The highest BCUT2D eigenvalue weighted by Crippen LogP contribution is 2.32. The van der Waals surface area contributed by atoms with Crippen molar-refractivity contribution in [3.05, 3.63) is 82.3 Å². The van der Waals surface area contributed by atoms with E-state index in [9.17, 15) is 19.3 Å². The number of rotatable bonds is 6. The summed E-state index contributed by atoms with van der Waals surface area (Å²) in [5, 5.41) is 14.1. The fraction of sp³-hybridized carbons (Fsp3) is 0.182. The number of nitrogens with zero attached hydrogens (tertiary/aromatic N) is 3. The lowest BCUT2D eigenvalue weighted by molar-refractivity contribution is -0.384. The van der Waals surface area contributed by atoms with E-state index in [1.165, 1.54) is 36.5 Å². The number of carbonyl (C=O) groups is 1. The molecule has 31 heavy (non-hydrogen) atoms. The third-order valence-electron chi connectivity index (χ3n) is 4.91. The first-order valence-corrected chi connectivity index (χ1v) is 9.74. The van der Waals surface area contributed by atoms with Gasteiger partial charge in [0.2, 0.25) is 0 Å². The van der Waals surface area contributed by atoms with Gasteiger partial charge in [-0.2, -0.15) is 0 Å². The molecule has 9 heteroatoms. The van der Waals surface area contributed by atoms with Crippen molar-refractivity contribution >= 4 is 23.1 Å². The first-order valence-electron chi connectivity index (χ1n) is 9.74. The molecule has 1 aliphatic heterocycles. The van der Waals surface area contributed by atoms with E-state index in [2.05, 4.69) is 10.3 Å². The fourth-order valence-corrected chi connectivity index (χ4v) is 3.38. The lowest BCUT2D eigenvalue weighted by Gasteiger charge is -2.17. The van der Waals surface area contributed by atoms with E-state index in [0.717, 1.165) is 25.9 Å². The maximum Gasteiger partial charge on any atom is 0.293 e. The molecular weight excluding hydrogens is 403 g/mol. The van der Waals surface area contributed by atoms with Crippen molar-refractivity contribution in [3.63, 3.8) is 0 Å². The van der Waals surface area contributed by atoms with E-state index in [1.54, 1.807) is 24.3 Å². The van der Waals surface area contributed by atoms with E-state index in [0.29, 0.717) is 17.2 Å². The Morgan fingerprint density at radius 2 is 1.77 bits per heavy atom. The van der Waals surface area contributed by atoms with Gasteiger partial charge in [-0.15, -0.1) is 0 Å². The number of amides is 1. The molecule has 4 rings (SSSR count). The van der Waals surface area contributed by atoms with Crippen molar-refractivity contribution in [2.45, 2.75) is 12.8 Å². The summed E-state index contributed by atoms with van der Waals surface area (Å²) in [4.78, 5) is 29.7. The number of ether oxygens (including phenoxy) is 1. The van der Waals surface area contributed by atoms with Crippen LogP contribution in [0.2, 0.25) is 0 Å². The highest BCUT2D eigenvalue weighted by atomic mass is 19.1. The Labute approximate surface area is 177 Å². The van der Waals surface area contributed by atoms with Gasteiger partial charge in [0.15, 0.2) is 0 Å². The molecule has 3 aromatic rings. The molecule has 2 aromatic carbocycles. The zero-order valence-electron chi connectivity index (χ0n) is 16.5. The Bertz CT molecular complexity index is 1100. The SMILES string of the molecule is O=C(Nc1ccc(Oc2ccc(F)cc2)cn1)c1ccc(N2CCCC2)c([N+](=O)[O-])c1. The largest absolute Gasteiger partial charge is 0.456 e. The molecule has 0 bridgehead atoms. The number of aromatic nitrogens is 1. The van der Waals surface area contributed by atoms with Crippen molar-refractivity contribution in [1.29, 1.82) is 0 Å². The monoisotopic (exact) mass is 422 g/mol. The summed E-state index contributed by atoms with van der Waals surface area (Å²) in [6.45, 7) is 1.53. The van der Waals surface area contributed by atoms with E-state index >= 15 is 0 Å². The number of benzene rings is 2. The summed E-state index contributed by atoms with van der Waals surface area (Å²) in [5.41, 5.74) is 0.605. The summed E-state index contributed by atoms with van der Waals surface area (Å²) >= 11 is 0. The van der Waals surface area contributed by atoms with Crippen LogP contribution in [0, 0.1) is 15.9 Å². The number of nitro benzene ring substituents is 1. The molecule has 158 valence electrons. The van der Waals surface area contributed by atoms with E-state index in [4.69, 9.17) is 4.74 Å². The zero-order chi connectivity index (χ0) is 21.8. The number of nitro groups is 1. The summed E-state index contributed by atoms with van der Waals surface area (Å²) < 4.78 is 18.5. The summed E-state index contributed by atoms with van der Waals surface area (Å²) in [6.07, 6.45) is 3.40. The molecule has 2 heterocycles. The van der Waals surface area contributed by atoms with Crippen LogP contribution in [0.3, 0.4) is 0 Å². The lowest BCUT2D eigenvalue weighted by Crippen LogP contribution is -2.20. The number of pyridine rings is 1. The van der Waals surface area contributed by atoms with Gasteiger partial charge >= 0.3 is 0 Å². The highest BCUT2D eigenvalue weighted by Gasteiger charge is 2.24. The molecule has 0 radical (unpaired) electrons. The number of hydrogen-bond acceptors (Lipinski definition) is 6. The molecule has 1 N–H and O–H groups in total. The smallest absolute Gasteiger partial charge is 0.293 e. The van der Waals surface area contributed by atoms with Crippen LogP contribution in [0.15, 0.2) is 60.8 Å². The fourth-order valence-electron chi connectivity index (χ4n) is 3.38. The zero-order valence-corrected chi connectivity index (χ0v) is 16.5. The van der Waals surface area contributed by atoms with E-state index in [1.807, 2.05) is 4.90 Å². The van der Waals surface area contributed by atoms with E-state index in [-0.39, 0.29) is 22.9 Å². The van der Waals surface area contributed by atoms with Crippen LogP contribution in [0.5, 0.6) is 11.5 Å². The maximum atomic E-state index is 13.0. The number of halogens is 1. The molecule has 1 fully saturated rings. The van der Waals surface area contributed by atoms with Gasteiger partial charge in [-0.05, 0) is 61.4 Å². The van der Waals surface area contributed by atoms with Gasteiger partial charge in [0.05, 0.1) is 11.1 Å². The predicted molar refractivity (Wildman–Crippen MR) is 113 cm³/mol. The average molecular weight is 422 g/mol. The van der Waals surface area contributed by atoms with Gasteiger partial charge in [0.25, 0.3) is 11.6 Å². The molecule has 0 unspecified atom stereocenters. The van der Waals surface area contributed by atoms with Crippen molar-refractivity contribution in [2.24, 2.45) is 0 Å². The lowest BCUT2D eigenvalue weighted by atomic mass is 10.1. The average Bonchev–Trinajstić information content (AvgIpc) is 3.31. The molecule has 1 aliphatic rings. The Morgan fingerprint density at radius 3 is 2.42 bits per heavy atom. The van der Waals surface area contributed by atoms with Gasteiger partial charge in [-0.25, -0.2) is 9.37 Å². The van der Waals surface area contributed by atoms with Crippen LogP contribution in [0.1, 0.15) is 23.2 Å². The topological polar surface area (TPSA) is 97.6 Å². The molecule has 0 aliphatic carbocycles. The number of nitrogens with one attached hydrogen (secondary N) is 1. The van der Waals surface area contributed by atoms with Gasteiger partial charge in [0, 0.05) is 24.7 Å². The second kappa shape index (κ2) is 8.78. The molecule has 0 atom stereocenters. The molecule has 1 amide bonds. The van der Waals surface area contributed by atoms with Gasteiger partial charge < -0.3 is 15.0 Å². The second-order valence-corrected chi connectivity index (χ2v) is 7.04. The molecule has 0 saturated carbocycles. The summed E-state index contributed by atoms with van der Waals surface area (Å²) in [7, 11) is 0. The normalized spacial score (nSPS) is 13.1. The number of carbonyl (C=O) groups excluding carboxylic acids is 1. The predicted octanol–water partition coefficient (Wildman–Crippen LogP) is 4.77. The quantitative estimate of drug-likeness (QED) is 0.454. The Kier molecular flexibility index (Phi) is 5.74. The minimum atomic E-state index is -0.504. The van der Waals surface area contributed by atoms with Gasteiger partial charge in [-0.1, -0.05) is 0 Å². The summed E-state index contributed by atoms with van der Waals surface area (Å²) in [5.74, 6) is 0.260. The number of hydrogen-bond donors (Lipinski definition) is 1. The molecule has 1 aromatic heterocycles. The van der Waals surface area contributed by atoms with Crippen LogP contribution in [0.4, 0.5) is 21.6 Å². The Hall–Kier alpha value is -4.01. The third kappa shape index (κ3) is 4.77. The second-order valence-electron chi connectivity index (χ2n) is 7.04. The van der Waals surface area contributed by atoms with Crippen molar-refractivity contribution < 1.29 is 18.8 Å². The van der Waals surface area contributed by atoms with Crippen LogP contribution < -0.4 is 15.0 Å². The standard InChI is InChI=1S/C22H19FN4O4/c23-16-4-6-17(7-5-16)31-18-8-10-21(24-14-18)25-22(28)15-3-9-19(20(13-15)27(29)30)26-11-1-2-12-26/h3-10,13-14H,1-2,11-12H2,(H,24,25,28). The maximum absolute atomic E-state index is 13.0. The van der Waals surface area contributed by atoms with Crippen LogP contribution in [0.25, 0.3) is 0 Å². The Morgan fingerprint density at radius 1 is 1.06 bits per heavy atom. The van der Waals surface area contributed by atoms with E-state index < -0.39 is 10.8 Å². The van der Waals surface area contributed by atoms with Crippen LogP contribution in [-0.2, 0) is 0 Å². The van der Waals surface area contributed by atoms with Crippen LogP contribution >= 0.6 is 0 Å². The summed E-state index contributed by atoms with van der Waals surface area (Å²) in [6, 6.07) is 13.2.